The molecule has 1 aromatic carbocycles. The van der Waals surface area contributed by atoms with Crippen molar-refractivity contribution in [2.75, 3.05) is 7.05 Å². The van der Waals surface area contributed by atoms with Crippen LogP contribution in [0.1, 0.15) is 31.2 Å². The Morgan fingerprint density at radius 3 is 2.30 bits per heavy atom. The van der Waals surface area contributed by atoms with Crippen molar-refractivity contribution in [1.82, 2.24) is 10.2 Å². The molecule has 1 fully saturated rings. The molecule has 0 aliphatic heterocycles. The number of rotatable bonds is 4. The van der Waals surface area contributed by atoms with Gasteiger partial charge in [-0.1, -0.05) is 6.07 Å². The van der Waals surface area contributed by atoms with Crippen molar-refractivity contribution in [3.05, 3.63) is 35.4 Å². The van der Waals surface area contributed by atoms with Gasteiger partial charge in [-0.15, -0.1) is 0 Å². The molecule has 1 aliphatic carbocycles. The number of hydrogen-bond acceptors (Lipinski definition) is 2. The van der Waals surface area contributed by atoms with E-state index in [0.29, 0.717) is 25.7 Å². The lowest BCUT2D eigenvalue weighted by Crippen LogP contribution is -2.44. The van der Waals surface area contributed by atoms with Crippen molar-refractivity contribution in [2.24, 2.45) is 5.92 Å². The molecule has 0 unspecified atom stereocenters. The van der Waals surface area contributed by atoms with Gasteiger partial charge in [0.15, 0.2) is 0 Å². The van der Waals surface area contributed by atoms with Crippen LogP contribution in [0.15, 0.2) is 18.2 Å². The number of urea groups is 1. The molecule has 0 atom stereocenters. The highest BCUT2D eigenvalue weighted by Gasteiger charge is 2.27. The molecular weight excluding hydrogens is 306 g/mol. The number of carbonyl (C=O) groups is 2. The molecule has 2 N–H and O–H groups in total. The number of hydrogen-bond donors (Lipinski definition) is 2. The van der Waals surface area contributed by atoms with Crippen LogP contribution in [0.3, 0.4) is 0 Å². The molecule has 23 heavy (non-hydrogen) atoms. The lowest BCUT2D eigenvalue weighted by Gasteiger charge is -2.29. The van der Waals surface area contributed by atoms with Crippen molar-refractivity contribution < 1.29 is 23.5 Å². The van der Waals surface area contributed by atoms with Gasteiger partial charge < -0.3 is 15.3 Å². The molecular formula is C16H20F2N2O3. The SMILES string of the molecule is CN(Cc1c(F)cccc1F)C(=O)NC1CCC(C(=O)O)CC1. The van der Waals surface area contributed by atoms with E-state index in [1.165, 1.54) is 18.0 Å². The fourth-order valence-corrected chi connectivity index (χ4v) is 2.76. The van der Waals surface area contributed by atoms with Crippen molar-refractivity contribution in [2.45, 2.75) is 38.3 Å². The zero-order valence-corrected chi connectivity index (χ0v) is 12.9. The second-order valence-electron chi connectivity index (χ2n) is 5.89. The molecule has 2 rings (SSSR count). The molecule has 0 aromatic heterocycles. The second kappa shape index (κ2) is 7.39. The van der Waals surface area contributed by atoms with E-state index in [-0.39, 0.29) is 24.1 Å². The predicted molar refractivity (Wildman–Crippen MR) is 79.7 cm³/mol. The highest BCUT2D eigenvalue weighted by Crippen LogP contribution is 2.24. The maximum atomic E-state index is 13.6. The zero-order chi connectivity index (χ0) is 17.0. The first-order valence-corrected chi connectivity index (χ1v) is 7.55. The largest absolute Gasteiger partial charge is 0.481 e. The lowest BCUT2D eigenvalue weighted by molar-refractivity contribution is -0.142. The Balaban J connectivity index is 1.87. The number of carboxylic acid groups (broad SMARTS) is 1. The van der Waals surface area contributed by atoms with Crippen LogP contribution in [-0.4, -0.2) is 35.1 Å². The van der Waals surface area contributed by atoms with Gasteiger partial charge in [0, 0.05) is 18.7 Å². The van der Waals surface area contributed by atoms with Gasteiger partial charge in [-0.25, -0.2) is 13.6 Å². The third-order valence-corrected chi connectivity index (χ3v) is 4.21. The number of halogens is 2. The average Bonchev–Trinajstić information content (AvgIpc) is 2.51. The van der Waals surface area contributed by atoms with Gasteiger partial charge in [0.25, 0.3) is 0 Å². The zero-order valence-electron chi connectivity index (χ0n) is 12.9. The molecule has 7 heteroatoms. The van der Waals surface area contributed by atoms with Crippen LogP contribution in [-0.2, 0) is 11.3 Å². The monoisotopic (exact) mass is 326 g/mol. The Labute approximate surface area is 133 Å². The maximum Gasteiger partial charge on any atom is 0.317 e. The van der Waals surface area contributed by atoms with Crippen LogP contribution in [0.2, 0.25) is 0 Å². The van der Waals surface area contributed by atoms with Gasteiger partial charge in [-0.05, 0) is 37.8 Å². The highest BCUT2D eigenvalue weighted by atomic mass is 19.1. The second-order valence-corrected chi connectivity index (χ2v) is 5.89. The first-order chi connectivity index (χ1) is 10.9. The molecule has 1 aliphatic rings. The summed E-state index contributed by atoms with van der Waals surface area (Å²) in [4.78, 5) is 24.2. The maximum absolute atomic E-state index is 13.6. The third kappa shape index (κ3) is 4.40. The summed E-state index contributed by atoms with van der Waals surface area (Å²) in [5, 5.41) is 11.7. The van der Waals surface area contributed by atoms with E-state index in [9.17, 15) is 18.4 Å². The minimum Gasteiger partial charge on any atom is -0.481 e. The predicted octanol–water partition coefficient (Wildman–Crippen LogP) is 2.75. The summed E-state index contributed by atoms with van der Waals surface area (Å²) < 4.78 is 27.2. The smallest absolute Gasteiger partial charge is 0.317 e. The molecule has 0 spiro atoms. The highest BCUT2D eigenvalue weighted by molar-refractivity contribution is 5.74. The van der Waals surface area contributed by atoms with Crippen LogP contribution in [0, 0.1) is 17.6 Å². The van der Waals surface area contributed by atoms with Crippen molar-refractivity contribution in [1.29, 1.82) is 0 Å². The standard InChI is InChI=1S/C16H20F2N2O3/c1-20(9-12-13(17)3-2-4-14(12)18)16(23)19-11-7-5-10(6-8-11)15(21)22/h2-4,10-11H,5-9H2,1H3,(H,19,23)(H,21,22). The van der Waals surface area contributed by atoms with Gasteiger partial charge in [0.2, 0.25) is 0 Å². The number of amides is 2. The first kappa shape index (κ1) is 17.2. The van der Waals surface area contributed by atoms with Gasteiger partial charge >= 0.3 is 12.0 Å². The van der Waals surface area contributed by atoms with Crippen LogP contribution < -0.4 is 5.32 Å². The Bertz CT molecular complexity index is 566. The lowest BCUT2D eigenvalue weighted by atomic mass is 9.86. The summed E-state index contributed by atoms with van der Waals surface area (Å²) in [7, 11) is 1.46. The molecule has 0 bridgehead atoms. The Hall–Kier alpha value is -2.18. The van der Waals surface area contributed by atoms with Crippen LogP contribution >= 0.6 is 0 Å². The van der Waals surface area contributed by atoms with E-state index in [0.717, 1.165) is 12.1 Å². The summed E-state index contributed by atoms with van der Waals surface area (Å²) in [5.74, 6) is -2.53. The molecule has 1 saturated carbocycles. The number of benzene rings is 1. The molecule has 5 nitrogen and oxygen atoms in total. The van der Waals surface area contributed by atoms with E-state index >= 15 is 0 Å². The quantitative estimate of drug-likeness (QED) is 0.894. The molecule has 2 amide bonds. The molecule has 0 radical (unpaired) electrons. The van der Waals surface area contributed by atoms with Crippen molar-refractivity contribution in [3.8, 4) is 0 Å². The fraction of sp³-hybridized carbons (Fsp3) is 0.500. The van der Waals surface area contributed by atoms with E-state index in [2.05, 4.69) is 5.32 Å². The van der Waals surface area contributed by atoms with Gasteiger partial charge in [-0.3, -0.25) is 4.79 Å². The van der Waals surface area contributed by atoms with E-state index in [1.807, 2.05) is 0 Å². The summed E-state index contributed by atoms with van der Waals surface area (Å²) in [6, 6.07) is 3.04. The van der Waals surface area contributed by atoms with Crippen LogP contribution in [0.25, 0.3) is 0 Å². The van der Waals surface area contributed by atoms with Crippen LogP contribution in [0.4, 0.5) is 13.6 Å². The number of nitrogens with zero attached hydrogens (tertiary/aromatic N) is 1. The summed E-state index contributed by atoms with van der Waals surface area (Å²) >= 11 is 0. The normalized spacial score (nSPS) is 20.8. The molecule has 126 valence electrons. The first-order valence-electron chi connectivity index (χ1n) is 7.55. The van der Waals surface area contributed by atoms with Gasteiger partial charge in [-0.2, -0.15) is 0 Å². The van der Waals surface area contributed by atoms with E-state index in [1.54, 1.807) is 0 Å². The molecule has 0 saturated heterocycles. The van der Waals surface area contributed by atoms with Crippen molar-refractivity contribution >= 4 is 12.0 Å². The Kier molecular flexibility index (Phi) is 5.52. The third-order valence-electron chi connectivity index (χ3n) is 4.21. The van der Waals surface area contributed by atoms with Gasteiger partial charge in [0.1, 0.15) is 11.6 Å². The Morgan fingerprint density at radius 1 is 1.22 bits per heavy atom. The average molecular weight is 326 g/mol. The fourth-order valence-electron chi connectivity index (χ4n) is 2.76. The molecule has 1 aromatic rings. The van der Waals surface area contributed by atoms with E-state index < -0.39 is 23.6 Å². The summed E-state index contributed by atoms with van der Waals surface area (Å²) in [5.41, 5.74) is -0.153. The number of aliphatic carboxylic acids is 1. The van der Waals surface area contributed by atoms with Crippen molar-refractivity contribution in [3.63, 3.8) is 0 Å². The van der Waals surface area contributed by atoms with Gasteiger partial charge in [0.05, 0.1) is 12.5 Å². The summed E-state index contributed by atoms with van der Waals surface area (Å²) in [6.07, 6.45) is 2.22. The number of carbonyl (C=O) groups excluding carboxylic acids is 1. The molecule has 0 heterocycles. The van der Waals surface area contributed by atoms with Crippen LogP contribution in [0.5, 0.6) is 0 Å². The Morgan fingerprint density at radius 2 is 1.78 bits per heavy atom. The minimum atomic E-state index is -0.804. The van der Waals surface area contributed by atoms with E-state index in [4.69, 9.17) is 5.11 Å². The number of carboxylic acids is 1. The summed E-state index contributed by atoms with van der Waals surface area (Å²) in [6.45, 7) is -0.172. The number of nitrogens with one attached hydrogen (secondary N) is 1. The minimum absolute atomic E-state index is 0.106. The topological polar surface area (TPSA) is 69.6 Å².